The Bertz CT molecular complexity index is 149. The van der Waals surface area contributed by atoms with Crippen LogP contribution in [0.15, 0.2) is 12.2 Å². The third kappa shape index (κ3) is 2.34. The van der Waals surface area contributed by atoms with Crippen LogP contribution in [-0.2, 0) is 0 Å². The number of allylic oxidation sites excluding steroid dienone is 2. The maximum atomic E-state index is 9.53. The number of aliphatic hydroxyl groups excluding tert-OH is 1. The van der Waals surface area contributed by atoms with Crippen LogP contribution < -0.4 is 0 Å². The van der Waals surface area contributed by atoms with Crippen LogP contribution in [-0.4, -0.2) is 11.2 Å². The van der Waals surface area contributed by atoms with Crippen molar-refractivity contribution in [3.63, 3.8) is 0 Å². The van der Waals surface area contributed by atoms with Gasteiger partial charge in [0.2, 0.25) is 0 Å². The van der Waals surface area contributed by atoms with Crippen molar-refractivity contribution in [2.75, 3.05) is 0 Å². The molecule has 3 unspecified atom stereocenters. The molecule has 0 heterocycles. The average Bonchev–Trinajstić information content (AvgIpc) is 2.07. The zero-order valence-corrected chi connectivity index (χ0v) is 8.16. The highest BCUT2D eigenvalue weighted by Gasteiger charge is 2.22. The maximum Gasteiger partial charge on any atom is 0.0545 e. The summed E-state index contributed by atoms with van der Waals surface area (Å²) in [5.74, 6) is 1.10. The minimum atomic E-state index is -0.150. The molecular weight excluding hydrogens is 148 g/mol. The minimum absolute atomic E-state index is 0.150. The zero-order chi connectivity index (χ0) is 8.97. The number of aliphatic hydroxyl groups is 1. The van der Waals surface area contributed by atoms with Crippen LogP contribution in [0.5, 0.6) is 0 Å². The molecule has 1 heteroatoms. The lowest BCUT2D eigenvalue weighted by atomic mass is 9.80. The van der Waals surface area contributed by atoms with Crippen LogP contribution in [0.4, 0.5) is 0 Å². The molecule has 1 nitrogen and oxygen atoms in total. The lowest BCUT2D eigenvalue weighted by molar-refractivity contribution is 0.0935. The van der Waals surface area contributed by atoms with E-state index >= 15 is 0 Å². The number of hydrogen-bond donors (Lipinski definition) is 1. The van der Waals surface area contributed by atoms with Gasteiger partial charge in [0, 0.05) is 0 Å². The highest BCUT2D eigenvalue weighted by atomic mass is 16.3. The molecule has 0 saturated carbocycles. The smallest absolute Gasteiger partial charge is 0.0545 e. The summed E-state index contributed by atoms with van der Waals surface area (Å²) in [5.41, 5.74) is 0. The van der Waals surface area contributed by atoms with E-state index in [0.717, 1.165) is 6.42 Å². The fraction of sp³-hybridized carbons (Fsp3) is 0.818. The van der Waals surface area contributed by atoms with Gasteiger partial charge in [-0.15, -0.1) is 0 Å². The Balaban J connectivity index is 2.52. The average molecular weight is 168 g/mol. The van der Waals surface area contributed by atoms with Crippen molar-refractivity contribution in [2.45, 2.75) is 45.6 Å². The first-order valence-electron chi connectivity index (χ1n) is 5.10. The summed E-state index contributed by atoms with van der Waals surface area (Å²) >= 11 is 0. The molecule has 0 bridgehead atoms. The topological polar surface area (TPSA) is 20.2 Å². The zero-order valence-electron chi connectivity index (χ0n) is 8.16. The molecule has 3 atom stereocenters. The van der Waals surface area contributed by atoms with Crippen molar-refractivity contribution in [2.24, 2.45) is 11.8 Å². The predicted octanol–water partition coefficient (Wildman–Crippen LogP) is 2.75. The van der Waals surface area contributed by atoms with Crippen molar-refractivity contribution in [3.05, 3.63) is 12.2 Å². The van der Waals surface area contributed by atoms with Crippen molar-refractivity contribution in [3.8, 4) is 0 Å². The Kier molecular flexibility index (Phi) is 3.80. The van der Waals surface area contributed by atoms with Crippen LogP contribution in [0.1, 0.15) is 39.5 Å². The van der Waals surface area contributed by atoms with Crippen LogP contribution >= 0.6 is 0 Å². The second-order valence-corrected chi connectivity index (χ2v) is 3.84. The molecule has 1 aliphatic rings. The summed E-state index contributed by atoms with van der Waals surface area (Å²) in [4.78, 5) is 0. The molecule has 12 heavy (non-hydrogen) atoms. The molecule has 0 fully saturated rings. The summed E-state index contributed by atoms with van der Waals surface area (Å²) in [6.07, 6.45) is 9.29. The van der Waals surface area contributed by atoms with E-state index in [2.05, 4.69) is 19.1 Å². The van der Waals surface area contributed by atoms with E-state index in [-0.39, 0.29) is 6.10 Å². The van der Waals surface area contributed by atoms with E-state index in [0.29, 0.717) is 11.8 Å². The van der Waals surface area contributed by atoms with Gasteiger partial charge < -0.3 is 5.11 Å². The fourth-order valence-electron chi connectivity index (χ4n) is 2.20. The summed E-state index contributed by atoms with van der Waals surface area (Å²) in [6, 6.07) is 0. The van der Waals surface area contributed by atoms with Gasteiger partial charge in [-0.3, -0.25) is 0 Å². The van der Waals surface area contributed by atoms with Gasteiger partial charge in [0.05, 0.1) is 6.10 Å². The molecule has 0 aliphatic heterocycles. The molecular formula is C11H20O. The molecule has 0 amide bonds. The second kappa shape index (κ2) is 4.66. The summed E-state index contributed by atoms with van der Waals surface area (Å²) < 4.78 is 0. The molecule has 0 aromatic heterocycles. The number of rotatable bonds is 3. The minimum Gasteiger partial charge on any atom is -0.393 e. The quantitative estimate of drug-likeness (QED) is 0.642. The van der Waals surface area contributed by atoms with Crippen LogP contribution in [0, 0.1) is 11.8 Å². The Morgan fingerprint density at radius 2 is 2.33 bits per heavy atom. The molecule has 1 N–H and O–H groups in total. The van der Waals surface area contributed by atoms with Crippen LogP contribution in [0.3, 0.4) is 0 Å². The van der Waals surface area contributed by atoms with E-state index in [1.807, 2.05) is 6.92 Å². The first kappa shape index (κ1) is 9.79. The Morgan fingerprint density at radius 3 is 2.75 bits per heavy atom. The van der Waals surface area contributed by atoms with Crippen molar-refractivity contribution >= 4 is 0 Å². The summed E-state index contributed by atoms with van der Waals surface area (Å²) in [5, 5.41) is 9.53. The lowest BCUT2D eigenvalue weighted by Gasteiger charge is -2.27. The highest BCUT2D eigenvalue weighted by Crippen LogP contribution is 2.29. The first-order chi connectivity index (χ1) is 5.75. The molecule has 0 aromatic carbocycles. The standard InChI is InChI=1S/C11H20O/c1-3-11(9(2)12)10-7-5-4-6-8-10/h5,7,9-12H,3-4,6,8H2,1-2H3. The van der Waals surface area contributed by atoms with Crippen LogP contribution in [0.2, 0.25) is 0 Å². The van der Waals surface area contributed by atoms with Gasteiger partial charge in [0.1, 0.15) is 0 Å². The van der Waals surface area contributed by atoms with E-state index in [4.69, 9.17) is 0 Å². The van der Waals surface area contributed by atoms with Gasteiger partial charge >= 0.3 is 0 Å². The molecule has 1 rings (SSSR count). The fourth-order valence-corrected chi connectivity index (χ4v) is 2.20. The molecule has 0 saturated heterocycles. The van der Waals surface area contributed by atoms with Gasteiger partial charge in [0.25, 0.3) is 0 Å². The summed E-state index contributed by atoms with van der Waals surface area (Å²) in [6.45, 7) is 4.08. The Hall–Kier alpha value is -0.300. The van der Waals surface area contributed by atoms with Gasteiger partial charge in [-0.1, -0.05) is 25.5 Å². The van der Waals surface area contributed by atoms with E-state index in [9.17, 15) is 5.11 Å². The number of hydrogen-bond acceptors (Lipinski definition) is 1. The largest absolute Gasteiger partial charge is 0.393 e. The predicted molar refractivity (Wildman–Crippen MR) is 51.9 cm³/mol. The maximum absolute atomic E-state index is 9.53. The van der Waals surface area contributed by atoms with Gasteiger partial charge in [-0.05, 0) is 38.0 Å². The first-order valence-corrected chi connectivity index (χ1v) is 5.10. The lowest BCUT2D eigenvalue weighted by Crippen LogP contribution is -2.24. The van der Waals surface area contributed by atoms with Gasteiger partial charge in [0.15, 0.2) is 0 Å². The third-order valence-electron chi connectivity index (χ3n) is 2.93. The molecule has 0 spiro atoms. The molecule has 0 radical (unpaired) electrons. The third-order valence-corrected chi connectivity index (χ3v) is 2.93. The highest BCUT2D eigenvalue weighted by molar-refractivity contribution is 4.96. The van der Waals surface area contributed by atoms with Crippen molar-refractivity contribution in [1.82, 2.24) is 0 Å². The van der Waals surface area contributed by atoms with Gasteiger partial charge in [-0.25, -0.2) is 0 Å². The van der Waals surface area contributed by atoms with Crippen LogP contribution in [0.25, 0.3) is 0 Å². The molecule has 1 aliphatic carbocycles. The van der Waals surface area contributed by atoms with E-state index in [1.165, 1.54) is 19.3 Å². The normalized spacial score (nSPS) is 28.4. The van der Waals surface area contributed by atoms with Gasteiger partial charge in [-0.2, -0.15) is 0 Å². The second-order valence-electron chi connectivity index (χ2n) is 3.84. The monoisotopic (exact) mass is 168 g/mol. The molecule has 70 valence electrons. The SMILES string of the molecule is CCC(C(C)O)C1C=CCCC1. The Labute approximate surface area is 75.5 Å². The Morgan fingerprint density at radius 1 is 1.58 bits per heavy atom. The van der Waals surface area contributed by atoms with E-state index in [1.54, 1.807) is 0 Å². The van der Waals surface area contributed by atoms with Crippen molar-refractivity contribution < 1.29 is 5.11 Å². The van der Waals surface area contributed by atoms with Crippen molar-refractivity contribution in [1.29, 1.82) is 0 Å². The molecule has 0 aromatic rings. The van der Waals surface area contributed by atoms with E-state index < -0.39 is 0 Å². The summed E-state index contributed by atoms with van der Waals surface area (Å²) in [7, 11) is 0.